The van der Waals surface area contributed by atoms with Gasteiger partial charge < -0.3 is 9.47 Å². The Labute approximate surface area is 126 Å². The second kappa shape index (κ2) is 6.42. The summed E-state index contributed by atoms with van der Waals surface area (Å²) in [5.41, 5.74) is 3.22. The predicted octanol–water partition coefficient (Wildman–Crippen LogP) is 3.09. The molecule has 0 spiro atoms. The van der Waals surface area contributed by atoms with E-state index in [9.17, 15) is 22.4 Å². The molecule has 22 heavy (non-hydrogen) atoms. The van der Waals surface area contributed by atoms with Crippen LogP contribution in [0.1, 0.15) is 5.56 Å². The van der Waals surface area contributed by atoms with Crippen LogP contribution < -0.4 is 14.9 Å². The number of ether oxygens (including phenoxy) is 2. The van der Waals surface area contributed by atoms with E-state index in [1.807, 2.05) is 0 Å². The molecular formula is C12H10F4N2O3S. The van der Waals surface area contributed by atoms with Gasteiger partial charge in [0.2, 0.25) is 0 Å². The van der Waals surface area contributed by atoms with Crippen LogP contribution in [0.4, 0.5) is 22.4 Å². The summed E-state index contributed by atoms with van der Waals surface area (Å²) in [5.74, 6) is -0.394. The topological polar surface area (TPSA) is 59.9 Å². The number of hydrogen-bond acceptors (Lipinski definition) is 5. The number of nitrogens with zero attached hydrogens (tertiary/aromatic N) is 1. The molecule has 2 rings (SSSR count). The normalized spacial score (nSPS) is 15.4. The third-order valence-electron chi connectivity index (χ3n) is 2.62. The number of hydrogen-bond donors (Lipinski definition) is 1. The first-order valence-corrected chi connectivity index (χ1v) is 6.85. The second-order valence-electron chi connectivity index (χ2n) is 4.08. The minimum atomic E-state index is -4.62. The van der Waals surface area contributed by atoms with Crippen molar-refractivity contribution in [2.24, 2.45) is 5.10 Å². The van der Waals surface area contributed by atoms with Gasteiger partial charge in [0, 0.05) is 11.3 Å². The smallest absolute Gasteiger partial charge is 0.461 e. The number of thioether (sulfide) groups is 1. The van der Waals surface area contributed by atoms with Crippen LogP contribution in [-0.2, 0) is 0 Å². The Morgan fingerprint density at radius 2 is 2.09 bits per heavy atom. The molecule has 120 valence electrons. The van der Waals surface area contributed by atoms with Gasteiger partial charge in [-0.1, -0.05) is 11.8 Å². The van der Waals surface area contributed by atoms with Gasteiger partial charge >= 0.3 is 12.5 Å². The van der Waals surface area contributed by atoms with Crippen molar-refractivity contribution in [1.29, 1.82) is 0 Å². The van der Waals surface area contributed by atoms with Gasteiger partial charge in [0.25, 0.3) is 5.24 Å². The molecule has 10 heteroatoms. The Morgan fingerprint density at radius 1 is 1.36 bits per heavy atom. The lowest BCUT2D eigenvalue weighted by Gasteiger charge is -2.19. The van der Waals surface area contributed by atoms with Crippen molar-refractivity contribution < 1.29 is 31.8 Å². The fourth-order valence-corrected chi connectivity index (χ4v) is 2.19. The van der Waals surface area contributed by atoms with E-state index in [1.54, 1.807) is 0 Å². The molecule has 5 nitrogen and oxygen atoms in total. The number of halogens is 4. The molecule has 0 radical (unpaired) electrons. The average molecular weight is 338 g/mol. The zero-order valence-corrected chi connectivity index (χ0v) is 11.9. The molecule has 1 amide bonds. The summed E-state index contributed by atoms with van der Waals surface area (Å²) < 4.78 is 59.1. The van der Waals surface area contributed by atoms with Gasteiger partial charge in [0.15, 0.2) is 11.5 Å². The average Bonchev–Trinajstić information content (AvgIpc) is 2.48. The standard InChI is InChI=1S/C12H10F4N2O3S/c1-20-9-4-6(7-5-22-11(19)18-17-7)2-3-8(9)21-12(15,16)10(13)14/h2-4,10H,5H2,1H3,(H,18,19). The molecule has 0 aliphatic carbocycles. The van der Waals surface area contributed by atoms with E-state index in [0.717, 1.165) is 17.8 Å². The molecule has 0 bridgehead atoms. The zero-order chi connectivity index (χ0) is 16.3. The number of carbonyl (C=O) groups is 1. The van der Waals surface area contributed by atoms with Crippen molar-refractivity contribution in [3.05, 3.63) is 23.8 Å². The number of nitrogens with one attached hydrogen (secondary N) is 1. The van der Waals surface area contributed by atoms with E-state index in [-0.39, 0.29) is 16.7 Å². The SMILES string of the molecule is COc1cc(C2=NNC(=O)SC2)ccc1OC(F)(F)C(F)F. The van der Waals surface area contributed by atoms with Crippen LogP contribution in [0.15, 0.2) is 23.3 Å². The molecule has 1 N–H and O–H groups in total. The molecule has 1 aromatic carbocycles. The first kappa shape index (κ1) is 16.4. The van der Waals surface area contributed by atoms with Crippen LogP contribution in [0, 0.1) is 0 Å². The van der Waals surface area contributed by atoms with Gasteiger partial charge in [-0.2, -0.15) is 22.7 Å². The van der Waals surface area contributed by atoms with Crippen molar-refractivity contribution in [2.75, 3.05) is 12.9 Å². The van der Waals surface area contributed by atoms with Crippen molar-refractivity contribution in [1.82, 2.24) is 5.43 Å². The van der Waals surface area contributed by atoms with Crippen LogP contribution in [-0.4, -0.2) is 36.3 Å². The van der Waals surface area contributed by atoms with Gasteiger partial charge in [-0.3, -0.25) is 4.79 Å². The maximum atomic E-state index is 12.9. The van der Waals surface area contributed by atoms with Crippen LogP contribution in [0.25, 0.3) is 0 Å². The zero-order valence-electron chi connectivity index (χ0n) is 11.1. The number of methoxy groups -OCH3 is 1. The fourth-order valence-electron chi connectivity index (χ4n) is 1.58. The minimum Gasteiger partial charge on any atom is -0.493 e. The Morgan fingerprint density at radius 3 is 2.64 bits per heavy atom. The number of amides is 1. The number of rotatable bonds is 5. The lowest BCUT2D eigenvalue weighted by atomic mass is 10.1. The molecule has 0 fully saturated rings. The lowest BCUT2D eigenvalue weighted by molar-refractivity contribution is -0.253. The highest BCUT2D eigenvalue weighted by molar-refractivity contribution is 8.14. The number of alkyl halides is 4. The van der Waals surface area contributed by atoms with Crippen LogP contribution in [0.5, 0.6) is 11.5 Å². The second-order valence-corrected chi connectivity index (χ2v) is 5.02. The molecular weight excluding hydrogens is 328 g/mol. The summed E-state index contributed by atoms with van der Waals surface area (Å²) in [6.45, 7) is 0. The summed E-state index contributed by atoms with van der Waals surface area (Å²) in [6.07, 6.45) is -8.59. The highest BCUT2D eigenvalue weighted by Crippen LogP contribution is 2.35. The summed E-state index contributed by atoms with van der Waals surface area (Å²) in [4.78, 5) is 11.0. The largest absolute Gasteiger partial charge is 0.493 e. The van der Waals surface area contributed by atoms with E-state index >= 15 is 0 Å². The van der Waals surface area contributed by atoms with Gasteiger partial charge in [0.1, 0.15) is 0 Å². The Hall–Kier alpha value is -1.97. The van der Waals surface area contributed by atoms with Crippen molar-refractivity contribution in [3.63, 3.8) is 0 Å². The maximum Gasteiger partial charge on any atom is 0.461 e. The Bertz CT molecular complexity index is 610. The molecule has 0 unspecified atom stereocenters. The number of benzene rings is 1. The van der Waals surface area contributed by atoms with Crippen molar-refractivity contribution >= 4 is 22.7 Å². The van der Waals surface area contributed by atoms with Crippen LogP contribution in [0.2, 0.25) is 0 Å². The Balaban J connectivity index is 2.27. The van der Waals surface area contributed by atoms with E-state index in [2.05, 4.69) is 15.3 Å². The summed E-state index contributed by atoms with van der Waals surface area (Å²) in [6, 6.07) is 3.75. The maximum absolute atomic E-state index is 12.9. The molecule has 1 aromatic rings. The van der Waals surface area contributed by atoms with Crippen molar-refractivity contribution in [2.45, 2.75) is 12.5 Å². The first-order valence-electron chi connectivity index (χ1n) is 5.86. The molecule has 0 saturated heterocycles. The molecule has 0 atom stereocenters. The van der Waals surface area contributed by atoms with E-state index < -0.39 is 18.3 Å². The molecule has 1 aliphatic heterocycles. The molecule has 1 aliphatic rings. The van der Waals surface area contributed by atoms with Gasteiger partial charge in [-0.05, 0) is 18.2 Å². The minimum absolute atomic E-state index is 0.151. The van der Waals surface area contributed by atoms with Gasteiger partial charge in [-0.25, -0.2) is 5.43 Å². The van der Waals surface area contributed by atoms with E-state index in [1.165, 1.54) is 19.2 Å². The highest BCUT2D eigenvalue weighted by atomic mass is 32.2. The molecule has 1 heterocycles. The number of hydrazone groups is 1. The van der Waals surface area contributed by atoms with Crippen LogP contribution in [0.3, 0.4) is 0 Å². The van der Waals surface area contributed by atoms with Gasteiger partial charge in [0.05, 0.1) is 12.8 Å². The number of carbonyl (C=O) groups excluding carboxylic acids is 1. The summed E-state index contributed by atoms with van der Waals surface area (Å²) >= 11 is 0.981. The molecule has 0 saturated carbocycles. The Kier molecular flexibility index (Phi) is 4.79. The van der Waals surface area contributed by atoms with E-state index in [0.29, 0.717) is 11.3 Å². The third kappa shape index (κ3) is 3.62. The third-order valence-corrected chi connectivity index (χ3v) is 3.39. The van der Waals surface area contributed by atoms with Crippen molar-refractivity contribution in [3.8, 4) is 11.5 Å². The molecule has 0 aromatic heterocycles. The van der Waals surface area contributed by atoms with Gasteiger partial charge in [-0.15, -0.1) is 0 Å². The van der Waals surface area contributed by atoms with E-state index in [4.69, 9.17) is 4.74 Å². The predicted molar refractivity (Wildman–Crippen MR) is 72.1 cm³/mol. The summed E-state index contributed by atoms with van der Waals surface area (Å²) in [5, 5.41) is 3.51. The summed E-state index contributed by atoms with van der Waals surface area (Å²) in [7, 11) is 1.19. The van der Waals surface area contributed by atoms with Crippen LogP contribution >= 0.6 is 11.8 Å². The monoisotopic (exact) mass is 338 g/mol. The quantitative estimate of drug-likeness (QED) is 0.838. The fraction of sp³-hybridized carbons (Fsp3) is 0.333. The lowest BCUT2D eigenvalue weighted by Crippen LogP contribution is -2.33. The first-order chi connectivity index (χ1) is 10.3. The highest BCUT2D eigenvalue weighted by Gasteiger charge is 2.44.